The summed E-state index contributed by atoms with van der Waals surface area (Å²) in [7, 11) is 0. The van der Waals surface area contributed by atoms with Gasteiger partial charge < -0.3 is 4.74 Å². The lowest BCUT2D eigenvalue weighted by molar-refractivity contribution is -0.384. The number of ether oxygens (including phenoxy) is 1. The van der Waals surface area contributed by atoms with Crippen molar-refractivity contribution in [3.05, 3.63) is 51.6 Å². The molecule has 0 aliphatic heterocycles. The third-order valence-electron chi connectivity index (χ3n) is 6.92. The lowest BCUT2D eigenvalue weighted by atomic mass is 9.59. The number of non-ortho nitro benzene ring substituents is 1. The Labute approximate surface area is 147 Å². The van der Waals surface area contributed by atoms with E-state index in [1.54, 1.807) is 12.1 Å². The van der Waals surface area contributed by atoms with Crippen molar-refractivity contribution in [2.75, 3.05) is 6.61 Å². The van der Waals surface area contributed by atoms with E-state index in [0.717, 1.165) is 5.56 Å². The molecule has 0 aromatic heterocycles. The molecule has 2 fully saturated rings. The van der Waals surface area contributed by atoms with E-state index in [4.69, 9.17) is 4.74 Å². The predicted molar refractivity (Wildman–Crippen MR) is 92.9 cm³/mol. The normalized spacial score (nSPS) is 40.4. The van der Waals surface area contributed by atoms with E-state index >= 15 is 0 Å². The summed E-state index contributed by atoms with van der Waals surface area (Å²) in [6.45, 7) is 8.81. The van der Waals surface area contributed by atoms with Gasteiger partial charge >= 0.3 is 5.97 Å². The highest BCUT2D eigenvalue weighted by Crippen LogP contribution is 2.85. The Hall–Kier alpha value is -2.17. The summed E-state index contributed by atoms with van der Waals surface area (Å²) >= 11 is 0. The molecule has 4 bridgehead atoms. The van der Waals surface area contributed by atoms with Crippen LogP contribution < -0.4 is 0 Å². The number of nitro benzene ring substituents is 1. The van der Waals surface area contributed by atoms with Crippen molar-refractivity contribution in [3.8, 4) is 0 Å². The molecule has 5 heteroatoms. The van der Waals surface area contributed by atoms with Gasteiger partial charge in [-0.25, -0.2) is 0 Å². The third kappa shape index (κ3) is 1.87. The zero-order valence-corrected chi connectivity index (χ0v) is 15.0. The van der Waals surface area contributed by atoms with Crippen LogP contribution in [0, 0.1) is 38.7 Å². The molecule has 4 aliphatic rings. The fraction of sp³-hybridized carbons (Fsp3) is 0.550. The first-order valence-electron chi connectivity index (χ1n) is 8.87. The summed E-state index contributed by atoms with van der Waals surface area (Å²) < 4.78 is 5.40. The first kappa shape index (κ1) is 16.3. The Morgan fingerprint density at radius 1 is 1.28 bits per heavy atom. The SMILES string of the molecule is CCOC(=O)[C@H]1C2C3C(C)=CC1(C)[C@@H](c1ccc([N+](=O)[O-])cc1)C32C. The number of nitro groups is 1. The highest BCUT2D eigenvalue weighted by atomic mass is 16.6. The molecule has 1 aromatic rings. The molecular formula is C20H23NO4. The minimum atomic E-state index is -0.376. The largest absolute Gasteiger partial charge is 0.466 e. The van der Waals surface area contributed by atoms with Crippen molar-refractivity contribution < 1.29 is 14.5 Å². The summed E-state index contributed by atoms with van der Waals surface area (Å²) in [4.78, 5) is 23.3. The summed E-state index contributed by atoms with van der Waals surface area (Å²) in [5, 5.41) is 11.0. The summed E-state index contributed by atoms with van der Waals surface area (Å²) in [6, 6.07) is 6.87. The Balaban J connectivity index is 1.79. The average molecular weight is 341 g/mol. The molecule has 4 unspecified atom stereocenters. The predicted octanol–water partition coefficient (Wildman–Crippen LogP) is 4.09. The molecule has 0 spiro atoms. The van der Waals surface area contributed by atoms with Gasteiger partial charge in [0.2, 0.25) is 0 Å². The fourth-order valence-electron chi connectivity index (χ4n) is 6.39. The van der Waals surface area contributed by atoms with Gasteiger partial charge in [-0.05, 0) is 42.6 Å². The Bertz CT molecular complexity index is 798. The second-order valence-electron chi connectivity index (χ2n) is 8.14. The fourth-order valence-corrected chi connectivity index (χ4v) is 6.39. The quantitative estimate of drug-likeness (QED) is 0.358. The number of allylic oxidation sites excluding steroid dienone is 2. The number of esters is 1. The Morgan fingerprint density at radius 2 is 1.92 bits per heavy atom. The number of hydrogen-bond acceptors (Lipinski definition) is 4. The number of benzene rings is 1. The van der Waals surface area contributed by atoms with Crippen LogP contribution in [-0.2, 0) is 9.53 Å². The van der Waals surface area contributed by atoms with E-state index in [9.17, 15) is 14.9 Å². The molecule has 0 N–H and O–H groups in total. The average Bonchev–Trinajstić information content (AvgIpc) is 3.09. The van der Waals surface area contributed by atoms with E-state index < -0.39 is 0 Å². The first-order chi connectivity index (χ1) is 11.8. The van der Waals surface area contributed by atoms with Gasteiger partial charge in [-0.15, -0.1) is 0 Å². The Kier molecular flexibility index (Phi) is 3.22. The molecular weight excluding hydrogens is 318 g/mol. The zero-order chi connectivity index (χ0) is 18.1. The molecule has 1 aromatic carbocycles. The van der Waals surface area contributed by atoms with Gasteiger partial charge in [-0.2, -0.15) is 0 Å². The van der Waals surface area contributed by atoms with Gasteiger partial charge in [0.25, 0.3) is 5.69 Å². The topological polar surface area (TPSA) is 69.4 Å². The van der Waals surface area contributed by atoms with Crippen molar-refractivity contribution in [1.29, 1.82) is 0 Å². The van der Waals surface area contributed by atoms with Gasteiger partial charge in [0.05, 0.1) is 17.4 Å². The van der Waals surface area contributed by atoms with E-state index in [1.165, 1.54) is 5.57 Å². The van der Waals surface area contributed by atoms with E-state index in [-0.39, 0.29) is 39.2 Å². The monoisotopic (exact) mass is 341 g/mol. The van der Waals surface area contributed by atoms with Crippen LogP contribution >= 0.6 is 0 Å². The minimum Gasteiger partial charge on any atom is -0.466 e. The van der Waals surface area contributed by atoms with Crippen molar-refractivity contribution in [2.24, 2.45) is 28.6 Å². The van der Waals surface area contributed by atoms with Gasteiger partial charge in [0.1, 0.15) is 0 Å². The molecule has 6 atom stereocenters. The van der Waals surface area contributed by atoms with Crippen LogP contribution in [0.4, 0.5) is 5.69 Å². The molecule has 132 valence electrons. The number of hydrogen-bond donors (Lipinski definition) is 0. The van der Waals surface area contributed by atoms with Gasteiger partial charge in [-0.1, -0.05) is 37.6 Å². The molecule has 0 amide bonds. The van der Waals surface area contributed by atoms with Gasteiger partial charge in [0.15, 0.2) is 0 Å². The van der Waals surface area contributed by atoms with Crippen molar-refractivity contribution >= 4 is 11.7 Å². The van der Waals surface area contributed by atoms with Crippen LogP contribution in [0.25, 0.3) is 0 Å². The maximum atomic E-state index is 12.7. The lowest BCUT2D eigenvalue weighted by Gasteiger charge is -2.44. The standard InChI is InChI=1S/C20H23NO4/c1-5-25-18(22)16-15-14-11(2)10-19(16,3)17(20(14,15)4)12-6-8-13(9-7-12)21(23)24/h6-10,14-17H,5H2,1-4H3/t14?,15?,16-,17-,19?,20?/m1/s1. The van der Waals surface area contributed by atoms with Gasteiger partial charge in [0, 0.05) is 17.5 Å². The van der Waals surface area contributed by atoms with E-state index in [2.05, 4.69) is 26.8 Å². The van der Waals surface area contributed by atoms with Gasteiger partial charge in [-0.3, -0.25) is 14.9 Å². The maximum absolute atomic E-state index is 12.7. The molecule has 0 saturated heterocycles. The van der Waals surface area contributed by atoms with Crippen molar-refractivity contribution in [1.82, 2.24) is 0 Å². The van der Waals surface area contributed by atoms with Crippen LogP contribution in [0.1, 0.15) is 39.2 Å². The third-order valence-corrected chi connectivity index (χ3v) is 6.92. The zero-order valence-electron chi connectivity index (χ0n) is 15.0. The van der Waals surface area contributed by atoms with E-state index in [0.29, 0.717) is 18.4 Å². The molecule has 0 radical (unpaired) electrons. The second-order valence-corrected chi connectivity index (χ2v) is 8.14. The summed E-state index contributed by atoms with van der Waals surface area (Å²) in [6.07, 6.45) is 2.26. The molecule has 25 heavy (non-hydrogen) atoms. The number of carbonyl (C=O) groups excluding carboxylic acids is 1. The number of rotatable bonds is 4. The van der Waals surface area contributed by atoms with Crippen LogP contribution in [0.15, 0.2) is 35.9 Å². The minimum absolute atomic E-state index is 0.0289. The maximum Gasteiger partial charge on any atom is 0.310 e. The first-order valence-corrected chi connectivity index (χ1v) is 8.87. The number of nitrogens with zero attached hydrogens (tertiary/aromatic N) is 1. The van der Waals surface area contributed by atoms with Crippen LogP contribution in [0.3, 0.4) is 0 Å². The highest BCUT2D eigenvalue weighted by molar-refractivity contribution is 5.78. The van der Waals surface area contributed by atoms with Crippen LogP contribution in [-0.4, -0.2) is 17.5 Å². The van der Waals surface area contributed by atoms with Crippen LogP contribution in [0.5, 0.6) is 0 Å². The van der Waals surface area contributed by atoms with Crippen molar-refractivity contribution in [3.63, 3.8) is 0 Å². The molecule has 5 rings (SSSR count). The smallest absolute Gasteiger partial charge is 0.310 e. The Morgan fingerprint density at radius 3 is 2.48 bits per heavy atom. The summed E-state index contributed by atoms with van der Waals surface area (Å²) in [5.74, 6) is 0.655. The molecule has 0 heterocycles. The molecule has 4 aliphatic carbocycles. The number of carbonyl (C=O) groups is 1. The van der Waals surface area contributed by atoms with Crippen molar-refractivity contribution in [2.45, 2.75) is 33.6 Å². The summed E-state index contributed by atoms with van der Waals surface area (Å²) in [5.41, 5.74) is 2.28. The second kappa shape index (κ2) is 4.93. The molecule has 2 saturated carbocycles. The molecule has 5 nitrogen and oxygen atoms in total. The highest BCUT2D eigenvalue weighted by Gasteiger charge is 2.82. The lowest BCUT2D eigenvalue weighted by Crippen LogP contribution is -2.41. The van der Waals surface area contributed by atoms with E-state index in [1.807, 2.05) is 19.1 Å². The van der Waals surface area contributed by atoms with Crippen LogP contribution in [0.2, 0.25) is 0 Å².